The normalized spacial score (nSPS) is 11.3. The summed E-state index contributed by atoms with van der Waals surface area (Å²) in [6, 6.07) is 8.12. The first-order valence-corrected chi connectivity index (χ1v) is 10.9. The summed E-state index contributed by atoms with van der Waals surface area (Å²) in [4.78, 5) is 28.4. The van der Waals surface area contributed by atoms with E-state index >= 15 is 0 Å². The molecular formula is C20H23N5O4S. The predicted molar refractivity (Wildman–Crippen MR) is 113 cm³/mol. The number of imidazole rings is 1. The first-order valence-electron chi connectivity index (χ1n) is 9.46. The van der Waals surface area contributed by atoms with Crippen molar-refractivity contribution < 1.29 is 18.0 Å². The van der Waals surface area contributed by atoms with Gasteiger partial charge in [-0.15, -0.1) is 0 Å². The minimum Gasteiger partial charge on any atom is -0.337 e. The van der Waals surface area contributed by atoms with E-state index in [0.29, 0.717) is 23.4 Å². The molecule has 0 radical (unpaired) electrons. The molecule has 3 N–H and O–H groups in total. The summed E-state index contributed by atoms with van der Waals surface area (Å²) < 4.78 is 28.4. The van der Waals surface area contributed by atoms with Crippen LogP contribution < -0.4 is 15.4 Å². The molecule has 158 valence electrons. The molecule has 10 heteroatoms. The molecule has 0 aliphatic heterocycles. The second kappa shape index (κ2) is 8.95. The van der Waals surface area contributed by atoms with Crippen LogP contribution in [0.2, 0.25) is 0 Å². The fourth-order valence-corrected chi connectivity index (χ4v) is 3.69. The molecule has 2 heterocycles. The number of nitrogens with zero attached hydrogens (tertiary/aromatic N) is 2. The minimum absolute atomic E-state index is 0.0829. The number of fused-ring (bicyclic) bond motifs is 1. The van der Waals surface area contributed by atoms with E-state index in [1.807, 2.05) is 29.2 Å². The maximum atomic E-state index is 12.5. The van der Waals surface area contributed by atoms with Crippen LogP contribution in [0.5, 0.6) is 0 Å². The van der Waals surface area contributed by atoms with Gasteiger partial charge >= 0.3 is 6.03 Å². The average molecular weight is 430 g/mol. The van der Waals surface area contributed by atoms with E-state index in [0.717, 1.165) is 18.5 Å². The van der Waals surface area contributed by atoms with Gasteiger partial charge in [0.05, 0.1) is 10.6 Å². The Balaban J connectivity index is 1.65. The summed E-state index contributed by atoms with van der Waals surface area (Å²) in [6.45, 7) is 4.23. The molecule has 2 aromatic heterocycles. The van der Waals surface area contributed by atoms with Crippen LogP contribution in [0.4, 0.5) is 10.5 Å². The molecule has 0 spiro atoms. The second-order valence-electron chi connectivity index (χ2n) is 6.76. The van der Waals surface area contributed by atoms with Gasteiger partial charge in [0.1, 0.15) is 5.65 Å². The third kappa shape index (κ3) is 5.15. The zero-order valence-corrected chi connectivity index (χ0v) is 17.5. The van der Waals surface area contributed by atoms with Crippen LogP contribution in [-0.4, -0.2) is 36.3 Å². The highest BCUT2D eigenvalue weighted by atomic mass is 32.2. The second-order valence-corrected chi connectivity index (χ2v) is 8.44. The number of aryl methyl sites for hydroxylation is 1. The Kier molecular flexibility index (Phi) is 6.36. The van der Waals surface area contributed by atoms with Gasteiger partial charge in [0, 0.05) is 30.2 Å². The number of anilines is 1. The van der Waals surface area contributed by atoms with Gasteiger partial charge in [-0.3, -0.25) is 4.79 Å². The molecule has 0 bridgehead atoms. The van der Waals surface area contributed by atoms with Crippen molar-refractivity contribution in [3.8, 4) is 0 Å². The third-order valence-electron chi connectivity index (χ3n) is 4.31. The van der Waals surface area contributed by atoms with Crippen molar-refractivity contribution in [3.05, 3.63) is 60.0 Å². The van der Waals surface area contributed by atoms with Crippen LogP contribution in [0.3, 0.4) is 0 Å². The number of aromatic nitrogens is 2. The lowest BCUT2D eigenvalue weighted by Gasteiger charge is -2.10. The number of pyridine rings is 1. The Morgan fingerprint density at radius 1 is 1.13 bits per heavy atom. The van der Waals surface area contributed by atoms with Gasteiger partial charge in [-0.2, -0.15) is 0 Å². The highest BCUT2D eigenvalue weighted by Crippen LogP contribution is 2.16. The number of urea groups is 1. The molecule has 0 saturated carbocycles. The molecule has 0 atom stereocenters. The monoisotopic (exact) mass is 429 g/mol. The van der Waals surface area contributed by atoms with Crippen LogP contribution in [0, 0.1) is 6.92 Å². The molecule has 30 heavy (non-hydrogen) atoms. The number of amides is 3. The van der Waals surface area contributed by atoms with Crippen LogP contribution in [0.1, 0.15) is 35.8 Å². The Labute approximate surface area is 174 Å². The van der Waals surface area contributed by atoms with Gasteiger partial charge in [0.15, 0.2) is 0 Å². The summed E-state index contributed by atoms with van der Waals surface area (Å²) in [5.74, 6) is -0.345. The standard InChI is InChI=1S/C20H23N5O4S/c1-3-4-10-21-20(27)24-30(28,29)17-7-5-16(6-8-17)23-19(26)15-9-11-25-13-14(2)22-18(25)12-15/h5-9,11-13H,3-4,10H2,1-2H3,(H,23,26)(H2,21,24,27). The Hall–Kier alpha value is -3.40. The van der Waals surface area contributed by atoms with E-state index in [2.05, 4.69) is 15.6 Å². The number of carbonyl (C=O) groups excluding carboxylic acids is 2. The lowest BCUT2D eigenvalue weighted by atomic mass is 10.2. The third-order valence-corrected chi connectivity index (χ3v) is 5.66. The minimum atomic E-state index is -4.00. The SMILES string of the molecule is CCCCNC(=O)NS(=O)(=O)c1ccc(NC(=O)c2ccn3cc(C)nc3c2)cc1. The summed E-state index contributed by atoms with van der Waals surface area (Å²) in [6.07, 6.45) is 5.25. The van der Waals surface area contributed by atoms with Gasteiger partial charge in [-0.05, 0) is 49.7 Å². The number of sulfonamides is 1. The predicted octanol–water partition coefficient (Wildman–Crippen LogP) is 2.68. The van der Waals surface area contributed by atoms with E-state index in [4.69, 9.17) is 0 Å². The van der Waals surface area contributed by atoms with E-state index in [1.54, 1.807) is 18.3 Å². The van der Waals surface area contributed by atoms with Crippen molar-refractivity contribution >= 4 is 33.3 Å². The largest absolute Gasteiger partial charge is 0.337 e. The van der Waals surface area contributed by atoms with E-state index in [-0.39, 0.29) is 10.8 Å². The van der Waals surface area contributed by atoms with E-state index < -0.39 is 16.1 Å². The summed E-state index contributed by atoms with van der Waals surface area (Å²) >= 11 is 0. The van der Waals surface area contributed by atoms with Gasteiger partial charge in [0.2, 0.25) is 0 Å². The van der Waals surface area contributed by atoms with Crippen LogP contribution in [0.15, 0.2) is 53.7 Å². The van der Waals surface area contributed by atoms with E-state index in [9.17, 15) is 18.0 Å². The maximum absolute atomic E-state index is 12.5. The van der Waals surface area contributed by atoms with Crippen molar-refractivity contribution in [1.29, 1.82) is 0 Å². The number of rotatable bonds is 7. The first kappa shape index (κ1) is 21.3. The lowest BCUT2D eigenvalue weighted by molar-refractivity contribution is 0.102. The smallest absolute Gasteiger partial charge is 0.328 e. The van der Waals surface area contributed by atoms with Gasteiger partial charge in [-0.25, -0.2) is 22.9 Å². The van der Waals surface area contributed by atoms with Gasteiger partial charge in [0.25, 0.3) is 15.9 Å². The van der Waals surface area contributed by atoms with E-state index in [1.165, 1.54) is 24.3 Å². The van der Waals surface area contributed by atoms with Crippen molar-refractivity contribution in [2.75, 3.05) is 11.9 Å². The molecule has 0 aliphatic rings. The molecule has 0 fully saturated rings. The summed E-state index contributed by atoms with van der Waals surface area (Å²) in [5, 5.41) is 5.20. The number of carbonyl (C=O) groups is 2. The summed E-state index contributed by atoms with van der Waals surface area (Å²) in [7, 11) is -4.00. The van der Waals surface area contributed by atoms with Crippen molar-refractivity contribution in [2.45, 2.75) is 31.6 Å². The average Bonchev–Trinajstić information content (AvgIpc) is 3.07. The molecule has 0 aliphatic carbocycles. The molecule has 9 nitrogen and oxygen atoms in total. The zero-order valence-electron chi connectivity index (χ0n) is 16.7. The molecule has 0 unspecified atom stereocenters. The Morgan fingerprint density at radius 2 is 1.87 bits per heavy atom. The highest BCUT2D eigenvalue weighted by molar-refractivity contribution is 7.90. The quantitative estimate of drug-likeness (QED) is 0.499. The number of unbranched alkanes of at least 4 members (excludes halogenated alkanes) is 1. The van der Waals surface area contributed by atoms with Crippen LogP contribution >= 0.6 is 0 Å². The highest BCUT2D eigenvalue weighted by Gasteiger charge is 2.17. The van der Waals surface area contributed by atoms with Crippen molar-refractivity contribution in [3.63, 3.8) is 0 Å². The molecular weight excluding hydrogens is 406 g/mol. The fourth-order valence-electron chi connectivity index (χ4n) is 2.77. The summed E-state index contributed by atoms with van der Waals surface area (Å²) in [5.41, 5.74) is 2.35. The van der Waals surface area contributed by atoms with Gasteiger partial charge < -0.3 is 15.0 Å². The number of nitrogens with one attached hydrogen (secondary N) is 3. The molecule has 0 saturated heterocycles. The number of hydrogen-bond acceptors (Lipinski definition) is 5. The topological polar surface area (TPSA) is 122 Å². The molecule has 3 amide bonds. The maximum Gasteiger partial charge on any atom is 0.328 e. The Morgan fingerprint density at radius 3 is 2.57 bits per heavy atom. The Bertz CT molecular complexity index is 1170. The van der Waals surface area contributed by atoms with Crippen LogP contribution in [-0.2, 0) is 10.0 Å². The molecule has 1 aromatic carbocycles. The van der Waals surface area contributed by atoms with Crippen molar-refractivity contribution in [1.82, 2.24) is 19.4 Å². The lowest BCUT2D eigenvalue weighted by Crippen LogP contribution is -2.39. The first-order chi connectivity index (χ1) is 14.3. The number of benzene rings is 1. The van der Waals surface area contributed by atoms with Crippen LogP contribution in [0.25, 0.3) is 5.65 Å². The molecule has 3 rings (SSSR count). The van der Waals surface area contributed by atoms with Crippen molar-refractivity contribution in [2.24, 2.45) is 0 Å². The van der Waals surface area contributed by atoms with Gasteiger partial charge in [-0.1, -0.05) is 13.3 Å². The molecule has 3 aromatic rings. The number of hydrogen-bond donors (Lipinski definition) is 3. The zero-order chi connectivity index (χ0) is 21.7. The fraction of sp³-hybridized carbons (Fsp3) is 0.250.